The minimum Gasteiger partial charge on any atom is -0.497 e. The van der Waals surface area contributed by atoms with Crippen LogP contribution in [0.25, 0.3) is 0 Å². The van der Waals surface area contributed by atoms with Gasteiger partial charge in [0.2, 0.25) is 0 Å². The topological polar surface area (TPSA) is 30.5 Å². The van der Waals surface area contributed by atoms with E-state index in [1.54, 1.807) is 14.2 Å². The fraction of sp³-hybridized carbons (Fsp3) is 0.500. The van der Waals surface area contributed by atoms with E-state index < -0.39 is 0 Å². The van der Waals surface area contributed by atoms with Crippen LogP contribution in [0.5, 0.6) is 11.5 Å². The number of thioether (sulfide) groups is 1. The first-order valence-corrected chi connectivity index (χ1v) is 6.33. The smallest absolute Gasteiger partial charge is 0.132 e. The second-order valence-electron chi connectivity index (χ2n) is 3.72. The molecule has 1 N–H and O–H groups in total. The Bertz CT molecular complexity index is 351. The summed E-state index contributed by atoms with van der Waals surface area (Å²) in [6, 6.07) is 5.91. The Labute approximate surface area is 101 Å². The molecule has 1 atom stereocenters. The molecule has 0 bridgehead atoms. The Hall–Kier alpha value is -0.870. The molecule has 1 aliphatic rings. The molecule has 3 nitrogen and oxygen atoms in total. The van der Waals surface area contributed by atoms with Gasteiger partial charge in [0.15, 0.2) is 0 Å². The molecule has 0 aromatic heterocycles. The summed E-state index contributed by atoms with van der Waals surface area (Å²) in [5, 5.41) is 3.96. The second kappa shape index (κ2) is 5.46. The molecule has 1 aliphatic heterocycles. The number of methoxy groups -OCH3 is 2. The molecule has 0 radical (unpaired) electrons. The average Bonchev–Trinajstić information content (AvgIpc) is 2.82. The van der Waals surface area contributed by atoms with Crippen LogP contribution in [0.15, 0.2) is 23.1 Å². The first-order chi connectivity index (χ1) is 7.83. The van der Waals surface area contributed by atoms with Crippen molar-refractivity contribution in [3.05, 3.63) is 18.2 Å². The third-order valence-electron chi connectivity index (χ3n) is 2.66. The Morgan fingerprint density at radius 1 is 1.31 bits per heavy atom. The molecular weight excluding hydrogens is 222 g/mol. The number of benzene rings is 1. The van der Waals surface area contributed by atoms with Gasteiger partial charge in [0.1, 0.15) is 11.5 Å². The standard InChI is InChI=1S/C12H17NO2S/c1-14-9-5-6-10(15-2)11(8-9)16-12-4-3-7-13-12/h5-6,8,12-13H,3-4,7H2,1-2H3. The molecule has 1 heterocycles. The Balaban J connectivity index is 2.15. The van der Waals surface area contributed by atoms with E-state index in [0.29, 0.717) is 5.37 Å². The van der Waals surface area contributed by atoms with Crippen LogP contribution in [-0.2, 0) is 0 Å². The van der Waals surface area contributed by atoms with E-state index in [4.69, 9.17) is 9.47 Å². The van der Waals surface area contributed by atoms with Crippen LogP contribution in [-0.4, -0.2) is 26.1 Å². The molecule has 1 aromatic rings. The summed E-state index contributed by atoms with van der Waals surface area (Å²) < 4.78 is 10.6. The highest BCUT2D eigenvalue weighted by Crippen LogP contribution is 2.36. The minimum atomic E-state index is 0.501. The molecule has 0 amide bonds. The Morgan fingerprint density at radius 2 is 2.19 bits per heavy atom. The number of ether oxygens (including phenoxy) is 2. The van der Waals surface area contributed by atoms with Crippen molar-refractivity contribution in [2.24, 2.45) is 0 Å². The van der Waals surface area contributed by atoms with Gasteiger partial charge in [-0.15, -0.1) is 11.8 Å². The fourth-order valence-electron chi connectivity index (χ4n) is 1.78. The molecule has 0 saturated carbocycles. The van der Waals surface area contributed by atoms with E-state index in [1.807, 2.05) is 30.0 Å². The van der Waals surface area contributed by atoms with Crippen molar-refractivity contribution in [2.75, 3.05) is 20.8 Å². The van der Waals surface area contributed by atoms with Gasteiger partial charge >= 0.3 is 0 Å². The van der Waals surface area contributed by atoms with Gasteiger partial charge in [0.25, 0.3) is 0 Å². The lowest BCUT2D eigenvalue weighted by Crippen LogP contribution is -2.16. The van der Waals surface area contributed by atoms with Crippen molar-refractivity contribution in [2.45, 2.75) is 23.1 Å². The van der Waals surface area contributed by atoms with Crippen LogP contribution in [0.3, 0.4) is 0 Å². The second-order valence-corrected chi connectivity index (χ2v) is 4.96. The van der Waals surface area contributed by atoms with Crippen molar-refractivity contribution < 1.29 is 9.47 Å². The van der Waals surface area contributed by atoms with Crippen molar-refractivity contribution in [3.8, 4) is 11.5 Å². The normalized spacial score (nSPS) is 19.8. The highest BCUT2D eigenvalue weighted by Gasteiger charge is 2.17. The quantitative estimate of drug-likeness (QED) is 0.874. The van der Waals surface area contributed by atoms with Gasteiger partial charge in [0, 0.05) is 0 Å². The summed E-state index contributed by atoms with van der Waals surface area (Å²) in [5.74, 6) is 1.79. The monoisotopic (exact) mass is 239 g/mol. The molecule has 1 aromatic carbocycles. The van der Waals surface area contributed by atoms with Gasteiger partial charge in [-0.05, 0) is 37.6 Å². The number of hydrogen-bond acceptors (Lipinski definition) is 4. The lowest BCUT2D eigenvalue weighted by Gasteiger charge is -2.13. The fourth-order valence-corrected chi connectivity index (χ4v) is 3.03. The molecule has 1 saturated heterocycles. The predicted octanol–water partition coefficient (Wildman–Crippen LogP) is 2.51. The Kier molecular flexibility index (Phi) is 3.96. The molecule has 1 unspecified atom stereocenters. The van der Waals surface area contributed by atoms with Crippen LogP contribution in [0, 0.1) is 0 Å². The largest absolute Gasteiger partial charge is 0.497 e. The summed E-state index contributed by atoms with van der Waals surface area (Å²) in [6.45, 7) is 1.12. The number of hydrogen-bond donors (Lipinski definition) is 1. The predicted molar refractivity (Wildman–Crippen MR) is 66.4 cm³/mol. The number of nitrogens with one attached hydrogen (secondary N) is 1. The summed E-state index contributed by atoms with van der Waals surface area (Å²) >= 11 is 1.82. The van der Waals surface area contributed by atoms with Crippen molar-refractivity contribution in [1.82, 2.24) is 5.32 Å². The van der Waals surface area contributed by atoms with Gasteiger partial charge < -0.3 is 14.8 Å². The number of rotatable bonds is 4. The molecule has 0 spiro atoms. The lowest BCUT2D eigenvalue weighted by molar-refractivity contribution is 0.394. The van der Waals surface area contributed by atoms with E-state index in [2.05, 4.69) is 5.32 Å². The molecule has 1 fully saturated rings. The highest BCUT2D eigenvalue weighted by molar-refractivity contribution is 8.00. The lowest BCUT2D eigenvalue weighted by atomic mass is 10.3. The van der Waals surface area contributed by atoms with Crippen molar-refractivity contribution in [1.29, 1.82) is 0 Å². The summed E-state index contributed by atoms with van der Waals surface area (Å²) in [6.07, 6.45) is 2.47. The first-order valence-electron chi connectivity index (χ1n) is 5.45. The van der Waals surface area contributed by atoms with E-state index in [-0.39, 0.29) is 0 Å². The zero-order valence-corrected chi connectivity index (χ0v) is 10.5. The van der Waals surface area contributed by atoms with E-state index in [9.17, 15) is 0 Å². The Morgan fingerprint density at radius 3 is 2.81 bits per heavy atom. The molecule has 2 rings (SSSR count). The van der Waals surface area contributed by atoms with Crippen molar-refractivity contribution in [3.63, 3.8) is 0 Å². The maximum absolute atomic E-state index is 5.35. The molecule has 88 valence electrons. The zero-order chi connectivity index (χ0) is 11.4. The average molecular weight is 239 g/mol. The van der Waals surface area contributed by atoms with Crippen LogP contribution >= 0.6 is 11.8 Å². The third-order valence-corrected chi connectivity index (χ3v) is 3.91. The van der Waals surface area contributed by atoms with Crippen LogP contribution in [0.2, 0.25) is 0 Å². The highest BCUT2D eigenvalue weighted by atomic mass is 32.2. The molecular formula is C12H17NO2S. The van der Waals surface area contributed by atoms with Crippen LogP contribution < -0.4 is 14.8 Å². The van der Waals surface area contributed by atoms with Gasteiger partial charge in [-0.3, -0.25) is 0 Å². The van der Waals surface area contributed by atoms with Gasteiger partial charge in [-0.2, -0.15) is 0 Å². The summed E-state index contributed by atoms with van der Waals surface area (Å²) in [5.41, 5.74) is 0. The SMILES string of the molecule is COc1ccc(OC)c(SC2CCCN2)c1. The van der Waals surface area contributed by atoms with Crippen LogP contribution in [0.1, 0.15) is 12.8 Å². The third kappa shape index (κ3) is 2.62. The molecule has 16 heavy (non-hydrogen) atoms. The van der Waals surface area contributed by atoms with Crippen LogP contribution in [0.4, 0.5) is 0 Å². The van der Waals surface area contributed by atoms with Crippen molar-refractivity contribution >= 4 is 11.8 Å². The molecule has 4 heteroatoms. The van der Waals surface area contributed by atoms with Gasteiger partial charge in [0.05, 0.1) is 24.5 Å². The maximum Gasteiger partial charge on any atom is 0.132 e. The summed E-state index contributed by atoms with van der Waals surface area (Å²) in [7, 11) is 3.39. The van der Waals surface area contributed by atoms with E-state index in [0.717, 1.165) is 22.9 Å². The molecule has 0 aliphatic carbocycles. The maximum atomic E-state index is 5.35. The van der Waals surface area contributed by atoms with Gasteiger partial charge in [-0.25, -0.2) is 0 Å². The first kappa shape index (κ1) is 11.6. The zero-order valence-electron chi connectivity index (χ0n) is 9.66. The summed E-state index contributed by atoms with van der Waals surface area (Å²) in [4.78, 5) is 1.14. The van der Waals surface area contributed by atoms with Gasteiger partial charge in [-0.1, -0.05) is 0 Å². The minimum absolute atomic E-state index is 0.501. The van der Waals surface area contributed by atoms with E-state index >= 15 is 0 Å². The van der Waals surface area contributed by atoms with E-state index in [1.165, 1.54) is 12.8 Å².